The minimum atomic E-state index is -4.05. The molecule has 0 aromatic heterocycles. The van der Waals surface area contributed by atoms with Gasteiger partial charge in [-0.05, 0) is 18.2 Å². The molecule has 9 nitrogen and oxygen atoms in total. The molecule has 4 N–H and O–H groups in total. The van der Waals surface area contributed by atoms with E-state index in [1.54, 1.807) is 0 Å². The number of halogens is 1. The van der Waals surface area contributed by atoms with E-state index in [2.05, 4.69) is 10.0 Å². The Kier molecular flexibility index (Phi) is 6.07. The van der Waals surface area contributed by atoms with E-state index in [9.17, 15) is 26.7 Å². The highest BCUT2D eigenvalue weighted by molar-refractivity contribution is 7.91. The van der Waals surface area contributed by atoms with E-state index < -0.39 is 38.0 Å². The predicted molar refractivity (Wildman–Crippen MR) is 90.1 cm³/mol. The number of aromatic carboxylic acids is 1. The van der Waals surface area contributed by atoms with E-state index in [0.29, 0.717) is 0 Å². The number of sulfonamides is 1. The summed E-state index contributed by atoms with van der Waals surface area (Å²) in [5, 5.41) is 21.2. The van der Waals surface area contributed by atoms with Crippen LogP contribution in [0.5, 0.6) is 0 Å². The molecule has 1 saturated heterocycles. The highest BCUT2D eigenvalue weighted by atomic mass is 35.5. The molecule has 25 heavy (non-hydrogen) atoms. The Morgan fingerprint density at radius 2 is 1.96 bits per heavy atom. The second-order valence-corrected chi connectivity index (χ2v) is 9.85. The SMILES string of the molecule is O=C(O)c1ccc(Cl)c(S(=O)(=O)NCCN[C@H]2CS(=O)(=O)C[C@@H]2O)c1. The van der Waals surface area contributed by atoms with Crippen LogP contribution in [0, 0.1) is 0 Å². The number of sulfone groups is 1. The summed E-state index contributed by atoms with van der Waals surface area (Å²) in [5.74, 6) is -1.83. The van der Waals surface area contributed by atoms with Gasteiger partial charge in [-0.3, -0.25) is 0 Å². The van der Waals surface area contributed by atoms with Gasteiger partial charge in [-0.2, -0.15) is 0 Å². The van der Waals surface area contributed by atoms with Gasteiger partial charge in [-0.15, -0.1) is 0 Å². The van der Waals surface area contributed by atoms with Gasteiger partial charge in [0.25, 0.3) is 0 Å². The van der Waals surface area contributed by atoms with Crippen LogP contribution in [0.2, 0.25) is 5.02 Å². The fourth-order valence-electron chi connectivity index (χ4n) is 2.39. The summed E-state index contributed by atoms with van der Waals surface area (Å²) in [5.41, 5.74) is -0.220. The molecule has 0 amide bonds. The van der Waals surface area contributed by atoms with Gasteiger partial charge in [-0.1, -0.05) is 11.6 Å². The molecular formula is C13H17ClN2O7S2. The molecule has 12 heteroatoms. The van der Waals surface area contributed by atoms with Crippen LogP contribution in [0.15, 0.2) is 23.1 Å². The smallest absolute Gasteiger partial charge is 0.335 e. The van der Waals surface area contributed by atoms with Crippen molar-refractivity contribution in [3.8, 4) is 0 Å². The molecule has 0 bridgehead atoms. The number of nitrogens with one attached hydrogen (secondary N) is 2. The number of hydrogen-bond donors (Lipinski definition) is 4. The van der Waals surface area contributed by atoms with Gasteiger partial charge in [0.1, 0.15) is 4.90 Å². The molecule has 1 aliphatic heterocycles. The molecule has 2 atom stereocenters. The van der Waals surface area contributed by atoms with Crippen molar-refractivity contribution in [3.63, 3.8) is 0 Å². The van der Waals surface area contributed by atoms with Gasteiger partial charge in [0, 0.05) is 19.1 Å². The second kappa shape index (κ2) is 7.56. The monoisotopic (exact) mass is 412 g/mol. The number of hydrogen-bond acceptors (Lipinski definition) is 7. The molecule has 1 aromatic rings. The van der Waals surface area contributed by atoms with Gasteiger partial charge in [-0.25, -0.2) is 26.4 Å². The third-order valence-electron chi connectivity index (χ3n) is 3.61. The zero-order valence-corrected chi connectivity index (χ0v) is 15.2. The molecule has 2 rings (SSSR count). The molecule has 1 aliphatic rings. The lowest BCUT2D eigenvalue weighted by atomic mass is 10.2. The number of aliphatic hydroxyl groups is 1. The molecule has 140 valence electrons. The van der Waals surface area contributed by atoms with Crippen molar-refractivity contribution >= 4 is 37.4 Å². The number of carbonyl (C=O) groups is 1. The van der Waals surface area contributed by atoms with Crippen molar-refractivity contribution in [1.29, 1.82) is 0 Å². The molecule has 0 unspecified atom stereocenters. The zero-order valence-electron chi connectivity index (χ0n) is 12.8. The Labute approximate surface area is 150 Å². The Hall–Kier alpha value is -1.24. The Bertz CT molecular complexity index is 870. The molecule has 0 radical (unpaired) electrons. The first-order valence-corrected chi connectivity index (χ1v) is 10.8. The third-order valence-corrected chi connectivity index (χ3v) is 7.27. The lowest BCUT2D eigenvalue weighted by Gasteiger charge is -2.15. The summed E-state index contributed by atoms with van der Waals surface area (Å²) >= 11 is 5.82. The summed E-state index contributed by atoms with van der Waals surface area (Å²) in [6.45, 7) is -0.0219. The minimum absolute atomic E-state index is 0.0761. The summed E-state index contributed by atoms with van der Waals surface area (Å²) in [6.07, 6.45) is -1.04. The fraction of sp³-hybridized carbons (Fsp3) is 0.462. The normalized spacial score (nSPS) is 22.8. The number of carboxylic acid groups (broad SMARTS) is 1. The maximum atomic E-state index is 12.2. The first-order chi connectivity index (χ1) is 11.5. The summed E-state index contributed by atoms with van der Waals surface area (Å²) in [7, 11) is -7.34. The van der Waals surface area contributed by atoms with Crippen LogP contribution in [0.25, 0.3) is 0 Å². The summed E-state index contributed by atoms with van der Waals surface area (Å²) in [6, 6.07) is 2.66. The second-order valence-electron chi connectivity index (χ2n) is 5.55. The lowest BCUT2D eigenvalue weighted by Crippen LogP contribution is -2.42. The topological polar surface area (TPSA) is 150 Å². The van der Waals surface area contributed by atoms with E-state index in [0.717, 1.165) is 6.07 Å². The Morgan fingerprint density at radius 3 is 2.52 bits per heavy atom. The van der Waals surface area contributed by atoms with Crippen LogP contribution < -0.4 is 10.0 Å². The Morgan fingerprint density at radius 1 is 1.28 bits per heavy atom. The van der Waals surface area contributed by atoms with Crippen LogP contribution in [0.4, 0.5) is 0 Å². The van der Waals surface area contributed by atoms with Crippen molar-refractivity contribution in [2.45, 2.75) is 17.0 Å². The highest BCUT2D eigenvalue weighted by Gasteiger charge is 2.35. The highest BCUT2D eigenvalue weighted by Crippen LogP contribution is 2.22. The van der Waals surface area contributed by atoms with Gasteiger partial charge in [0.15, 0.2) is 9.84 Å². The maximum absolute atomic E-state index is 12.2. The molecule has 0 spiro atoms. The molecule has 1 aromatic carbocycles. The van der Waals surface area contributed by atoms with Gasteiger partial charge in [0.05, 0.1) is 28.2 Å². The van der Waals surface area contributed by atoms with Crippen molar-refractivity contribution in [2.75, 3.05) is 24.6 Å². The van der Waals surface area contributed by atoms with Crippen molar-refractivity contribution in [3.05, 3.63) is 28.8 Å². The van der Waals surface area contributed by atoms with E-state index in [4.69, 9.17) is 16.7 Å². The van der Waals surface area contributed by atoms with Crippen LogP contribution in [0.3, 0.4) is 0 Å². The molecule has 0 saturated carbocycles. The van der Waals surface area contributed by atoms with Crippen molar-refractivity contribution < 1.29 is 31.8 Å². The minimum Gasteiger partial charge on any atom is -0.478 e. The van der Waals surface area contributed by atoms with Crippen LogP contribution in [-0.4, -0.2) is 69.8 Å². The van der Waals surface area contributed by atoms with E-state index >= 15 is 0 Å². The first-order valence-electron chi connectivity index (χ1n) is 7.16. The Balaban J connectivity index is 1.96. The molecule has 1 fully saturated rings. The number of rotatable bonds is 7. The van der Waals surface area contributed by atoms with Crippen molar-refractivity contribution in [2.24, 2.45) is 0 Å². The molecular weight excluding hydrogens is 396 g/mol. The molecule has 1 heterocycles. The average molecular weight is 413 g/mol. The summed E-state index contributed by atoms with van der Waals surface area (Å²) in [4.78, 5) is 10.6. The number of benzene rings is 1. The van der Waals surface area contributed by atoms with Gasteiger partial charge in [0.2, 0.25) is 10.0 Å². The summed E-state index contributed by atoms with van der Waals surface area (Å²) < 4.78 is 49.5. The van der Waals surface area contributed by atoms with Gasteiger partial charge < -0.3 is 15.5 Å². The van der Waals surface area contributed by atoms with Crippen LogP contribution >= 0.6 is 11.6 Å². The average Bonchev–Trinajstić information content (AvgIpc) is 2.76. The third kappa shape index (κ3) is 5.12. The predicted octanol–water partition coefficient (Wildman–Crippen LogP) is -0.936. The fourth-order valence-corrected chi connectivity index (χ4v) is 5.72. The van der Waals surface area contributed by atoms with Crippen LogP contribution in [-0.2, 0) is 19.9 Å². The van der Waals surface area contributed by atoms with E-state index in [1.807, 2.05) is 0 Å². The number of carboxylic acids is 1. The van der Waals surface area contributed by atoms with E-state index in [-0.39, 0.29) is 40.1 Å². The van der Waals surface area contributed by atoms with E-state index in [1.165, 1.54) is 12.1 Å². The lowest BCUT2D eigenvalue weighted by molar-refractivity contribution is 0.0696. The van der Waals surface area contributed by atoms with Crippen molar-refractivity contribution in [1.82, 2.24) is 10.0 Å². The van der Waals surface area contributed by atoms with Gasteiger partial charge >= 0.3 is 5.97 Å². The quantitative estimate of drug-likeness (QED) is 0.419. The van der Waals surface area contributed by atoms with Crippen LogP contribution in [0.1, 0.15) is 10.4 Å². The largest absolute Gasteiger partial charge is 0.478 e. The standard InChI is InChI=1S/C13H17ClN2O7S2/c14-9-2-1-8(13(18)19)5-12(9)25(22,23)16-4-3-15-10-6-24(20,21)7-11(10)17/h1-2,5,10-11,15-17H,3-4,6-7H2,(H,18,19)/t10-,11-/m0/s1. The molecule has 0 aliphatic carbocycles. The maximum Gasteiger partial charge on any atom is 0.335 e. The zero-order chi connectivity index (χ0) is 18.8. The number of aliphatic hydroxyl groups excluding tert-OH is 1. The first kappa shape index (κ1) is 20.1.